The fraction of sp³-hybridized carbons (Fsp3) is 0.280. The number of piperazine rings is 1. The highest BCUT2D eigenvalue weighted by atomic mass is 19.1. The van der Waals surface area contributed by atoms with Crippen LogP contribution < -0.4 is 10.2 Å². The lowest BCUT2D eigenvalue weighted by molar-refractivity contribution is 0.0587. The van der Waals surface area contributed by atoms with E-state index in [4.69, 9.17) is 4.74 Å². The van der Waals surface area contributed by atoms with Crippen LogP contribution >= 0.6 is 0 Å². The number of halogens is 2. The number of rotatable bonds is 5. The van der Waals surface area contributed by atoms with Crippen LogP contribution in [0.3, 0.4) is 0 Å². The number of carbonyl (C=O) groups is 1. The van der Waals surface area contributed by atoms with Crippen LogP contribution in [0.1, 0.15) is 27.7 Å². The van der Waals surface area contributed by atoms with Gasteiger partial charge in [0.1, 0.15) is 17.3 Å². The molecule has 0 spiro atoms. The number of amides is 1. The van der Waals surface area contributed by atoms with E-state index >= 15 is 0 Å². The summed E-state index contributed by atoms with van der Waals surface area (Å²) >= 11 is 0. The number of aryl methyl sites for hydroxylation is 1. The molecule has 1 fully saturated rings. The highest BCUT2D eigenvalue weighted by molar-refractivity contribution is 5.92. The van der Waals surface area contributed by atoms with Crippen molar-refractivity contribution in [3.05, 3.63) is 99.5 Å². The summed E-state index contributed by atoms with van der Waals surface area (Å²) in [6.45, 7) is 2.04. The second-order valence-corrected chi connectivity index (χ2v) is 8.04. The van der Waals surface area contributed by atoms with Crippen molar-refractivity contribution in [2.45, 2.75) is 6.04 Å². The molecule has 0 bridgehead atoms. The fourth-order valence-corrected chi connectivity index (χ4v) is 4.22. The molecule has 33 heavy (non-hydrogen) atoms. The Bertz CT molecular complexity index is 1140. The Balaban J connectivity index is 1.54. The van der Waals surface area contributed by atoms with E-state index in [0.29, 0.717) is 31.9 Å². The highest BCUT2D eigenvalue weighted by Gasteiger charge is 2.29. The molecule has 1 aliphatic rings. The monoisotopic (exact) mass is 453 g/mol. The number of hydrogen-bond acceptors (Lipinski definition) is 4. The summed E-state index contributed by atoms with van der Waals surface area (Å²) in [6.07, 6.45) is 1.50. The first-order chi connectivity index (χ1) is 15.9. The number of aromatic nitrogens is 1. The van der Waals surface area contributed by atoms with Gasteiger partial charge >= 0.3 is 0 Å². The van der Waals surface area contributed by atoms with E-state index < -0.39 is 0 Å². The molecule has 0 N–H and O–H groups in total. The molecule has 3 aromatic rings. The van der Waals surface area contributed by atoms with Crippen LogP contribution in [0.15, 0.2) is 65.6 Å². The van der Waals surface area contributed by atoms with Crippen LogP contribution in [0.25, 0.3) is 0 Å². The zero-order valence-corrected chi connectivity index (χ0v) is 18.5. The Kier molecular flexibility index (Phi) is 6.55. The summed E-state index contributed by atoms with van der Waals surface area (Å²) in [5.41, 5.74) is 1.73. The van der Waals surface area contributed by atoms with E-state index in [-0.39, 0.29) is 34.8 Å². The third-order valence-corrected chi connectivity index (χ3v) is 5.98. The molecule has 172 valence electrons. The van der Waals surface area contributed by atoms with E-state index in [0.717, 1.165) is 11.1 Å². The third kappa shape index (κ3) is 4.80. The summed E-state index contributed by atoms with van der Waals surface area (Å²) in [4.78, 5) is 29.1. The molecule has 4 rings (SSSR count). The van der Waals surface area contributed by atoms with Gasteiger partial charge in [0.15, 0.2) is 5.75 Å². The predicted molar refractivity (Wildman–Crippen MR) is 120 cm³/mol. The Morgan fingerprint density at radius 1 is 0.909 bits per heavy atom. The predicted octanol–water partition coefficient (Wildman–Crippen LogP) is 3.22. The van der Waals surface area contributed by atoms with Gasteiger partial charge in [-0.1, -0.05) is 24.3 Å². The second-order valence-electron chi connectivity index (χ2n) is 8.04. The van der Waals surface area contributed by atoms with Gasteiger partial charge < -0.3 is 14.2 Å². The lowest BCUT2D eigenvalue weighted by Crippen LogP contribution is -2.50. The second kappa shape index (κ2) is 9.54. The average Bonchev–Trinajstić information content (AvgIpc) is 2.83. The van der Waals surface area contributed by atoms with Crippen molar-refractivity contribution in [2.24, 2.45) is 7.05 Å². The lowest BCUT2D eigenvalue weighted by atomic mass is 9.96. The minimum atomic E-state index is -0.342. The van der Waals surface area contributed by atoms with Crippen LogP contribution in [0.5, 0.6) is 5.75 Å². The highest BCUT2D eigenvalue weighted by Crippen LogP contribution is 2.30. The van der Waals surface area contributed by atoms with Gasteiger partial charge in [-0.2, -0.15) is 0 Å². The summed E-state index contributed by atoms with van der Waals surface area (Å²) < 4.78 is 33.7. The van der Waals surface area contributed by atoms with Crippen LogP contribution in [0.4, 0.5) is 8.78 Å². The number of hydrogen-bond donors (Lipinski definition) is 0. The molecule has 0 aliphatic carbocycles. The van der Waals surface area contributed by atoms with Crippen molar-refractivity contribution in [1.29, 1.82) is 0 Å². The molecule has 2 aromatic carbocycles. The summed E-state index contributed by atoms with van der Waals surface area (Å²) in [7, 11) is 3.11. The van der Waals surface area contributed by atoms with Gasteiger partial charge in [-0.3, -0.25) is 14.5 Å². The number of nitrogens with zero attached hydrogens (tertiary/aromatic N) is 3. The van der Waals surface area contributed by atoms with Crippen molar-refractivity contribution in [3.63, 3.8) is 0 Å². The maximum Gasteiger partial charge on any atom is 0.270 e. The first-order valence-electron chi connectivity index (χ1n) is 10.7. The fourth-order valence-electron chi connectivity index (χ4n) is 4.22. The Morgan fingerprint density at radius 2 is 1.42 bits per heavy atom. The molecule has 0 unspecified atom stereocenters. The first kappa shape index (κ1) is 22.7. The van der Waals surface area contributed by atoms with Gasteiger partial charge in [0.05, 0.1) is 19.3 Å². The Hall–Kier alpha value is -3.52. The molecule has 1 aliphatic heterocycles. The number of pyridine rings is 1. The Labute approximate surface area is 190 Å². The number of benzene rings is 2. The topological polar surface area (TPSA) is 54.8 Å². The zero-order valence-electron chi connectivity index (χ0n) is 18.5. The number of carbonyl (C=O) groups excluding carboxylic acids is 1. The van der Waals surface area contributed by atoms with Crippen LogP contribution in [0, 0.1) is 11.6 Å². The summed E-state index contributed by atoms with van der Waals surface area (Å²) in [5.74, 6) is -0.688. The largest absolute Gasteiger partial charge is 0.491 e. The zero-order chi connectivity index (χ0) is 23.5. The smallest absolute Gasteiger partial charge is 0.270 e. The summed E-state index contributed by atoms with van der Waals surface area (Å²) in [5, 5.41) is 0. The van der Waals surface area contributed by atoms with Gasteiger partial charge in [-0.25, -0.2) is 8.78 Å². The lowest BCUT2D eigenvalue weighted by Gasteiger charge is -2.40. The average molecular weight is 453 g/mol. The van der Waals surface area contributed by atoms with E-state index in [1.165, 1.54) is 43.6 Å². The summed E-state index contributed by atoms with van der Waals surface area (Å²) in [6, 6.07) is 13.7. The molecule has 6 nitrogen and oxygen atoms in total. The van der Waals surface area contributed by atoms with E-state index in [1.54, 1.807) is 40.8 Å². The molecule has 2 heterocycles. The number of methoxy groups -OCH3 is 1. The van der Waals surface area contributed by atoms with Gasteiger partial charge in [0, 0.05) is 39.3 Å². The van der Waals surface area contributed by atoms with Crippen molar-refractivity contribution in [3.8, 4) is 5.75 Å². The van der Waals surface area contributed by atoms with E-state index in [2.05, 4.69) is 4.90 Å². The SMILES string of the molecule is COc1cn(C)c(C(=O)N2CCN(C(c3ccc(F)cc3)c3ccc(F)cc3)CC2)cc1=O. The standard InChI is InChI=1S/C25H25F2N3O3/c1-28-16-23(33-2)22(31)15-21(28)25(32)30-13-11-29(12-14-30)24(17-3-7-19(26)8-4-17)18-5-9-20(27)10-6-18/h3-10,15-16,24H,11-14H2,1-2H3. The van der Waals surface area contributed by atoms with Crippen molar-refractivity contribution in [2.75, 3.05) is 33.3 Å². The normalized spacial score (nSPS) is 14.5. The maximum absolute atomic E-state index is 13.5. The molecule has 8 heteroatoms. The molecule has 1 amide bonds. The first-order valence-corrected chi connectivity index (χ1v) is 10.7. The van der Waals surface area contributed by atoms with Gasteiger partial charge in [0.2, 0.25) is 5.43 Å². The third-order valence-electron chi connectivity index (χ3n) is 5.98. The van der Waals surface area contributed by atoms with Crippen LogP contribution in [-0.2, 0) is 7.05 Å². The molecule has 0 saturated carbocycles. The Morgan fingerprint density at radius 3 is 1.91 bits per heavy atom. The quantitative estimate of drug-likeness (QED) is 0.595. The molecule has 0 radical (unpaired) electrons. The minimum Gasteiger partial charge on any atom is -0.491 e. The van der Waals surface area contributed by atoms with E-state index in [9.17, 15) is 18.4 Å². The van der Waals surface area contributed by atoms with Crippen molar-refractivity contribution < 1.29 is 18.3 Å². The minimum absolute atomic E-state index is 0.181. The molecular weight excluding hydrogens is 428 g/mol. The van der Waals surface area contributed by atoms with Crippen LogP contribution in [0.2, 0.25) is 0 Å². The molecule has 1 aromatic heterocycles. The van der Waals surface area contributed by atoms with Gasteiger partial charge in [-0.15, -0.1) is 0 Å². The van der Waals surface area contributed by atoms with E-state index in [1.807, 2.05) is 0 Å². The van der Waals surface area contributed by atoms with Crippen LogP contribution in [-0.4, -0.2) is 53.6 Å². The van der Waals surface area contributed by atoms with Crippen molar-refractivity contribution in [1.82, 2.24) is 14.4 Å². The maximum atomic E-state index is 13.5. The van der Waals surface area contributed by atoms with Gasteiger partial charge in [-0.05, 0) is 35.4 Å². The molecule has 0 atom stereocenters. The number of ether oxygens (including phenoxy) is 1. The molecule has 1 saturated heterocycles. The molecular formula is C25H25F2N3O3. The van der Waals surface area contributed by atoms with Crippen molar-refractivity contribution >= 4 is 5.91 Å². The van der Waals surface area contributed by atoms with Gasteiger partial charge in [0.25, 0.3) is 5.91 Å².